The molecule has 0 radical (unpaired) electrons. The topological polar surface area (TPSA) is 59.8 Å². The number of nitrogens with one attached hydrogen (secondary N) is 1. The minimum Gasteiger partial charge on any atom is -0.324 e. The molecule has 0 fully saturated rings. The van der Waals surface area contributed by atoms with E-state index in [0.717, 1.165) is 32.4 Å². The molecule has 29 heavy (non-hydrogen) atoms. The minimum absolute atomic E-state index is 0.116. The zero-order chi connectivity index (χ0) is 20.4. The number of halogens is 2. The monoisotopic (exact) mass is 486 g/mol. The molecule has 0 aliphatic heterocycles. The lowest BCUT2D eigenvalue weighted by Gasteiger charge is -2.12. The Morgan fingerprint density at radius 3 is 2.59 bits per heavy atom. The summed E-state index contributed by atoms with van der Waals surface area (Å²) in [5.41, 5.74) is 1.67. The molecular formula is C21H16BrClN4OS. The lowest BCUT2D eigenvalue weighted by Crippen LogP contribution is -2.15. The number of fused-ring (bicyclic) bond motifs is 1. The van der Waals surface area contributed by atoms with Gasteiger partial charge < -0.3 is 5.32 Å². The van der Waals surface area contributed by atoms with Crippen molar-refractivity contribution in [3.05, 3.63) is 76.0 Å². The molecule has 0 saturated heterocycles. The number of benzene rings is 3. The van der Waals surface area contributed by atoms with Crippen LogP contribution in [-0.2, 0) is 4.79 Å². The molecule has 0 spiro atoms. The predicted molar refractivity (Wildman–Crippen MR) is 122 cm³/mol. The first-order valence-electron chi connectivity index (χ1n) is 8.81. The van der Waals surface area contributed by atoms with E-state index >= 15 is 0 Å². The number of aromatic nitrogens is 3. The Hall–Kier alpha value is -2.35. The summed E-state index contributed by atoms with van der Waals surface area (Å²) in [6.07, 6.45) is 0. The SMILES string of the molecule is Cc1nnc(SCC(=O)Nc2ccccc2Br)n1-c1ccc(Cl)c2ccccc12. The summed E-state index contributed by atoms with van der Waals surface area (Å²) in [5, 5.41) is 14.7. The summed E-state index contributed by atoms with van der Waals surface area (Å²) in [6.45, 7) is 1.89. The van der Waals surface area contributed by atoms with Gasteiger partial charge in [-0.05, 0) is 47.1 Å². The smallest absolute Gasteiger partial charge is 0.234 e. The Labute approximate surface area is 185 Å². The molecule has 0 bridgehead atoms. The molecule has 8 heteroatoms. The molecule has 4 aromatic rings. The maximum absolute atomic E-state index is 12.4. The van der Waals surface area contributed by atoms with Crippen LogP contribution in [0.1, 0.15) is 5.82 Å². The third kappa shape index (κ3) is 4.17. The molecular weight excluding hydrogens is 472 g/mol. The average Bonchev–Trinajstić information content (AvgIpc) is 3.09. The fourth-order valence-corrected chi connectivity index (χ4v) is 4.44. The third-order valence-corrected chi connectivity index (χ3v) is 6.31. The van der Waals surface area contributed by atoms with Crippen LogP contribution >= 0.6 is 39.3 Å². The Bertz CT molecular complexity index is 1210. The van der Waals surface area contributed by atoms with Crippen molar-refractivity contribution in [3.63, 3.8) is 0 Å². The first kappa shape index (κ1) is 19.9. The number of rotatable bonds is 5. The van der Waals surface area contributed by atoms with Crippen molar-refractivity contribution in [1.82, 2.24) is 14.8 Å². The first-order chi connectivity index (χ1) is 14.0. The Morgan fingerprint density at radius 2 is 1.79 bits per heavy atom. The van der Waals surface area contributed by atoms with Crippen molar-refractivity contribution in [2.24, 2.45) is 0 Å². The number of carbonyl (C=O) groups excluding carboxylic acids is 1. The third-order valence-electron chi connectivity index (χ3n) is 4.36. The Morgan fingerprint density at radius 1 is 1.07 bits per heavy atom. The maximum atomic E-state index is 12.4. The van der Waals surface area contributed by atoms with Gasteiger partial charge in [0.1, 0.15) is 5.82 Å². The van der Waals surface area contributed by atoms with E-state index < -0.39 is 0 Å². The first-order valence-corrected chi connectivity index (χ1v) is 11.0. The molecule has 4 rings (SSSR count). The van der Waals surface area contributed by atoms with E-state index in [0.29, 0.717) is 10.2 Å². The molecule has 146 valence electrons. The van der Waals surface area contributed by atoms with Crippen LogP contribution in [0.3, 0.4) is 0 Å². The van der Waals surface area contributed by atoms with Gasteiger partial charge in [0, 0.05) is 20.3 Å². The molecule has 0 saturated carbocycles. The van der Waals surface area contributed by atoms with Crippen LogP contribution in [0.2, 0.25) is 5.02 Å². The van der Waals surface area contributed by atoms with E-state index in [1.165, 1.54) is 11.8 Å². The van der Waals surface area contributed by atoms with E-state index in [4.69, 9.17) is 11.6 Å². The lowest BCUT2D eigenvalue weighted by atomic mass is 10.1. The highest BCUT2D eigenvalue weighted by Gasteiger charge is 2.16. The van der Waals surface area contributed by atoms with E-state index in [-0.39, 0.29) is 11.7 Å². The second kappa shape index (κ2) is 8.57. The summed E-state index contributed by atoms with van der Waals surface area (Å²) in [5.74, 6) is 0.839. The number of amides is 1. The quantitative estimate of drug-likeness (QED) is 0.357. The fraction of sp³-hybridized carbons (Fsp3) is 0.0952. The highest BCUT2D eigenvalue weighted by molar-refractivity contribution is 9.10. The lowest BCUT2D eigenvalue weighted by molar-refractivity contribution is -0.113. The van der Waals surface area contributed by atoms with Crippen molar-refractivity contribution in [3.8, 4) is 5.69 Å². The van der Waals surface area contributed by atoms with Gasteiger partial charge in [0.05, 0.1) is 17.1 Å². The van der Waals surface area contributed by atoms with E-state index in [1.807, 2.05) is 72.2 Å². The van der Waals surface area contributed by atoms with Crippen LogP contribution in [0.5, 0.6) is 0 Å². The van der Waals surface area contributed by atoms with Gasteiger partial charge in [-0.2, -0.15) is 0 Å². The Kier molecular flexibility index (Phi) is 5.89. The number of aryl methyl sites for hydroxylation is 1. The highest BCUT2D eigenvalue weighted by Crippen LogP contribution is 2.32. The number of thioether (sulfide) groups is 1. The minimum atomic E-state index is -0.116. The van der Waals surface area contributed by atoms with Gasteiger partial charge in [0.15, 0.2) is 5.16 Å². The highest BCUT2D eigenvalue weighted by atomic mass is 79.9. The molecule has 5 nitrogen and oxygen atoms in total. The van der Waals surface area contributed by atoms with E-state index in [1.54, 1.807) is 0 Å². The normalized spacial score (nSPS) is 11.0. The van der Waals surface area contributed by atoms with Gasteiger partial charge in [-0.1, -0.05) is 59.8 Å². The number of carbonyl (C=O) groups is 1. The summed E-state index contributed by atoms with van der Waals surface area (Å²) in [6, 6.07) is 19.3. The van der Waals surface area contributed by atoms with Crippen LogP contribution in [-0.4, -0.2) is 26.4 Å². The number of anilines is 1. The number of nitrogens with zero attached hydrogens (tertiary/aromatic N) is 3. The zero-order valence-corrected chi connectivity index (χ0v) is 18.6. The number of para-hydroxylation sites is 1. The summed E-state index contributed by atoms with van der Waals surface area (Å²) < 4.78 is 2.79. The fourth-order valence-electron chi connectivity index (χ4n) is 3.03. The second-order valence-corrected chi connectivity index (χ2v) is 8.50. The van der Waals surface area contributed by atoms with Crippen LogP contribution in [0.15, 0.2) is 70.3 Å². The van der Waals surface area contributed by atoms with Crippen molar-refractivity contribution in [2.45, 2.75) is 12.1 Å². The molecule has 0 aliphatic carbocycles. The molecule has 0 aliphatic rings. The van der Waals surface area contributed by atoms with Gasteiger partial charge in [-0.15, -0.1) is 10.2 Å². The van der Waals surface area contributed by atoms with Crippen LogP contribution < -0.4 is 5.32 Å². The van der Waals surface area contributed by atoms with Gasteiger partial charge in [-0.25, -0.2) is 0 Å². The van der Waals surface area contributed by atoms with E-state index in [9.17, 15) is 4.79 Å². The second-order valence-electron chi connectivity index (χ2n) is 6.29. The maximum Gasteiger partial charge on any atom is 0.234 e. The number of hydrogen-bond donors (Lipinski definition) is 1. The van der Waals surface area contributed by atoms with Gasteiger partial charge >= 0.3 is 0 Å². The van der Waals surface area contributed by atoms with Crippen molar-refractivity contribution in [1.29, 1.82) is 0 Å². The summed E-state index contributed by atoms with van der Waals surface area (Å²) in [7, 11) is 0. The number of hydrogen-bond acceptors (Lipinski definition) is 4. The zero-order valence-electron chi connectivity index (χ0n) is 15.4. The molecule has 1 heterocycles. The van der Waals surface area contributed by atoms with Crippen LogP contribution in [0.25, 0.3) is 16.5 Å². The van der Waals surface area contributed by atoms with Crippen molar-refractivity contribution in [2.75, 3.05) is 11.1 Å². The Balaban J connectivity index is 1.60. The predicted octanol–water partition coefficient (Wildman–Crippen LogP) is 5.88. The molecule has 0 unspecified atom stereocenters. The van der Waals surface area contributed by atoms with Crippen LogP contribution in [0.4, 0.5) is 5.69 Å². The molecule has 1 N–H and O–H groups in total. The standard InChI is InChI=1S/C21H16BrClN4OS/c1-13-25-26-21(29-12-20(28)24-18-9-5-4-8-16(18)22)27(13)19-11-10-17(23)14-6-2-3-7-15(14)19/h2-11H,12H2,1H3,(H,24,28). The van der Waals surface area contributed by atoms with Crippen LogP contribution in [0, 0.1) is 6.92 Å². The van der Waals surface area contributed by atoms with Crippen molar-refractivity contribution < 1.29 is 4.79 Å². The molecule has 1 aromatic heterocycles. The van der Waals surface area contributed by atoms with Gasteiger partial charge in [0.2, 0.25) is 5.91 Å². The van der Waals surface area contributed by atoms with Gasteiger partial charge in [-0.3, -0.25) is 9.36 Å². The summed E-state index contributed by atoms with van der Waals surface area (Å²) in [4.78, 5) is 12.4. The van der Waals surface area contributed by atoms with Gasteiger partial charge in [0.25, 0.3) is 0 Å². The molecule has 1 amide bonds. The molecule has 0 atom stereocenters. The molecule has 3 aromatic carbocycles. The summed E-state index contributed by atoms with van der Waals surface area (Å²) >= 11 is 11.1. The van der Waals surface area contributed by atoms with Crippen molar-refractivity contribution >= 4 is 61.7 Å². The largest absolute Gasteiger partial charge is 0.324 e. The van der Waals surface area contributed by atoms with E-state index in [2.05, 4.69) is 31.4 Å². The average molecular weight is 488 g/mol.